The molecule has 0 bridgehead atoms. The molecule has 0 aliphatic heterocycles. The van der Waals surface area contributed by atoms with Crippen LogP contribution in [0.15, 0.2) is 255 Å². The molecule has 0 radical (unpaired) electrons. The Balaban J connectivity index is 0.827. The van der Waals surface area contributed by atoms with Gasteiger partial charge in [-0.15, -0.1) is 0 Å². The van der Waals surface area contributed by atoms with E-state index in [0.29, 0.717) is 6.61 Å². The monoisotopic (exact) mass is 1030 g/mol. The maximum Gasteiger partial charge on any atom is 0.119 e. The number of anilines is 9. The highest BCUT2D eigenvalue weighted by Gasteiger charge is 2.18. The number of hydrogen-bond donors (Lipinski definition) is 0. The van der Waals surface area contributed by atoms with E-state index in [9.17, 15) is 0 Å². The van der Waals surface area contributed by atoms with Gasteiger partial charge in [0.2, 0.25) is 0 Å². The van der Waals surface area contributed by atoms with E-state index in [1.54, 1.807) is 0 Å². The fraction of sp³-hybridized carbons (Fsp3) is 0.120. The Bertz CT molecular complexity index is 3700. The fourth-order valence-corrected chi connectivity index (χ4v) is 10.0. The minimum absolute atomic E-state index is 0.626. The number of allylic oxidation sites excluding steroid dienone is 4. The van der Waals surface area contributed by atoms with E-state index >= 15 is 0 Å². The van der Waals surface area contributed by atoms with Gasteiger partial charge in [0.25, 0.3) is 0 Å². The smallest absolute Gasteiger partial charge is 0.119 e. The van der Waals surface area contributed by atoms with Crippen LogP contribution in [0, 0.1) is 6.92 Å². The molecule has 10 aromatic carbocycles. The molecule has 10 aromatic rings. The lowest BCUT2D eigenvalue weighted by atomic mass is 10.1. The Morgan fingerprint density at radius 3 is 1.10 bits per heavy atom. The molecule has 0 spiro atoms. The van der Waals surface area contributed by atoms with Crippen LogP contribution in [0.5, 0.6) is 5.75 Å². The van der Waals surface area contributed by atoms with Crippen LogP contribution in [0.3, 0.4) is 0 Å². The summed E-state index contributed by atoms with van der Waals surface area (Å²) in [5, 5.41) is 2.46. The highest BCUT2D eigenvalue weighted by atomic mass is 16.5. The lowest BCUT2D eigenvalue weighted by molar-refractivity contribution is 0.340. The third-order valence-corrected chi connectivity index (χ3v) is 14.5. The van der Waals surface area contributed by atoms with E-state index < -0.39 is 0 Å². The van der Waals surface area contributed by atoms with Crippen LogP contribution < -0.4 is 19.4 Å². The first kappa shape index (κ1) is 53.0. The quantitative estimate of drug-likeness (QED) is 0.0708. The summed E-state index contributed by atoms with van der Waals surface area (Å²) in [6.07, 6.45) is 20.0. The number of ether oxygens (including phenoxy) is 1. The van der Waals surface area contributed by atoms with Gasteiger partial charge in [0.05, 0.1) is 6.61 Å². The normalized spacial score (nSPS) is 11.6. The third-order valence-electron chi connectivity index (χ3n) is 14.5. The van der Waals surface area contributed by atoms with Gasteiger partial charge in [-0.2, -0.15) is 0 Å². The van der Waals surface area contributed by atoms with Crippen molar-refractivity contribution >= 4 is 86.3 Å². The minimum atomic E-state index is 0.626. The van der Waals surface area contributed by atoms with Crippen molar-refractivity contribution in [1.82, 2.24) is 0 Å². The first-order valence-corrected chi connectivity index (χ1v) is 27.9. The fourth-order valence-electron chi connectivity index (χ4n) is 10.0. The number of hydrogen-bond acceptors (Lipinski definition) is 4. The largest absolute Gasteiger partial charge is 0.494 e. The molecule has 390 valence electrons. The van der Waals surface area contributed by atoms with Gasteiger partial charge in [-0.1, -0.05) is 190 Å². The molecular formula is C75H69N3O. The second-order valence-corrected chi connectivity index (χ2v) is 19.8. The molecular weight excluding hydrogens is 959 g/mol. The van der Waals surface area contributed by atoms with E-state index in [1.165, 1.54) is 33.0 Å². The zero-order valence-electron chi connectivity index (χ0n) is 46.1. The second kappa shape index (κ2) is 25.6. The summed E-state index contributed by atoms with van der Waals surface area (Å²) in [5.41, 5.74) is 19.7. The summed E-state index contributed by atoms with van der Waals surface area (Å²) in [4.78, 5) is 7.01. The van der Waals surface area contributed by atoms with Gasteiger partial charge in [-0.3, -0.25) is 0 Å². The van der Waals surface area contributed by atoms with Crippen LogP contribution in [-0.2, 0) is 19.3 Å². The molecule has 0 heterocycles. The van der Waals surface area contributed by atoms with Crippen molar-refractivity contribution in [3.05, 3.63) is 299 Å². The Morgan fingerprint density at radius 2 is 0.696 bits per heavy atom. The summed E-state index contributed by atoms with van der Waals surface area (Å²) in [6, 6.07) is 83.4. The standard InChI is InChI=1S/C75H69N3O/c1-6-57-24-39-67(40-25-57)76(66-37-22-56(5)23-38-66)68-43-28-59(29-44-68)16-10-12-18-61-32-47-71(48-33-61)78(75-53-52-74(79-9-4)55-63(75)8-3)72-49-34-62(35-50-72)19-13-11-17-60-30-45-70(46-31-60)77(69-41-26-58(7-2)27-42-69)73-51-36-64-20-14-15-21-65(64)54-73/h10-55H,6-9H2,1-5H3. The molecule has 4 heteroatoms. The second-order valence-electron chi connectivity index (χ2n) is 19.8. The van der Waals surface area contributed by atoms with Gasteiger partial charge in [0.15, 0.2) is 0 Å². The van der Waals surface area contributed by atoms with Crippen LogP contribution in [0.2, 0.25) is 0 Å². The van der Waals surface area contributed by atoms with Crippen molar-refractivity contribution in [2.75, 3.05) is 21.3 Å². The molecule has 0 unspecified atom stereocenters. The van der Waals surface area contributed by atoms with Crippen molar-refractivity contribution in [1.29, 1.82) is 0 Å². The molecule has 0 aliphatic carbocycles. The first-order chi connectivity index (χ1) is 38.9. The Hall–Kier alpha value is -9.38. The van der Waals surface area contributed by atoms with E-state index in [-0.39, 0.29) is 0 Å². The highest BCUT2D eigenvalue weighted by Crippen LogP contribution is 2.40. The molecule has 4 nitrogen and oxygen atoms in total. The van der Waals surface area contributed by atoms with Crippen molar-refractivity contribution in [2.24, 2.45) is 0 Å². The van der Waals surface area contributed by atoms with E-state index in [0.717, 1.165) is 98.5 Å². The Morgan fingerprint density at radius 1 is 0.329 bits per heavy atom. The molecule has 0 aliphatic rings. The Kier molecular flexibility index (Phi) is 17.2. The number of aryl methyl sites for hydroxylation is 4. The van der Waals surface area contributed by atoms with Crippen LogP contribution in [0.4, 0.5) is 51.2 Å². The zero-order chi connectivity index (χ0) is 54.3. The van der Waals surface area contributed by atoms with Crippen molar-refractivity contribution in [3.63, 3.8) is 0 Å². The third kappa shape index (κ3) is 13.1. The van der Waals surface area contributed by atoms with Crippen molar-refractivity contribution in [2.45, 2.75) is 53.9 Å². The molecule has 10 rings (SSSR count). The predicted octanol–water partition coefficient (Wildman–Crippen LogP) is 21.1. The van der Waals surface area contributed by atoms with E-state index in [2.05, 4.69) is 322 Å². The molecule has 0 saturated carbocycles. The van der Waals surface area contributed by atoms with Crippen LogP contribution in [0.1, 0.15) is 72.2 Å². The van der Waals surface area contributed by atoms with Crippen molar-refractivity contribution in [3.8, 4) is 5.75 Å². The first-order valence-electron chi connectivity index (χ1n) is 27.9. The number of rotatable bonds is 20. The van der Waals surface area contributed by atoms with E-state index in [4.69, 9.17) is 4.74 Å². The molecule has 0 saturated heterocycles. The SMILES string of the molecule is CCOc1ccc(N(c2ccc(C=CC=Cc3ccc(N(c4ccc(C)cc4)c4ccc(CC)cc4)cc3)cc2)c2ccc(C=CC=Cc3ccc(N(c4ccc(CC)cc4)c4ccc5ccccc5c4)cc3)cc2)c(CC)c1. The van der Waals surface area contributed by atoms with Crippen LogP contribution in [0.25, 0.3) is 35.1 Å². The van der Waals surface area contributed by atoms with Crippen LogP contribution >= 0.6 is 0 Å². The summed E-state index contributed by atoms with van der Waals surface area (Å²) in [6.45, 7) is 11.4. The molecule has 79 heavy (non-hydrogen) atoms. The summed E-state index contributed by atoms with van der Waals surface area (Å²) < 4.78 is 5.95. The van der Waals surface area contributed by atoms with Gasteiger partial charge in [-0.05, 0) is 198 Å². The number of benzene rings is 10. The summed E-state index contributed by atoms with van der Waals surface area (Å²) in [7, 11) is 0. The average Bonchev–Trinajstić information content (AvgIpc) is 3.53. The number of nitrogens with zero attached hydrogens (tertiary/aromatic N) is 3. The summed E-state index contributed by atoms with van der Waals surface area (Å²) in [5.74, 6) is 0.888. The zero-order valence-corrected chi connectivity index (χ0v) is 46.1. The van der Waals surface area contributed by atoms with Gasteiger partial charge in [0, 0.05) is 51.2 Å². The van der Waals surface area contributed by atoms with Gasteiger partial charge < -0.3 is 19.4 Å². The predicted molar refractivity (Wildman–Crippen MR) is 341 cm³/mol. The molecule has 0 fully saturated rings. The van der Waals surface area contributed by atoms with E-state index in [1.807, 2.05) is 6.92 Å². The van der Waals surface area contributed by atoms with Gasteiger partial charge in [0.1, 0.15) is 5.75 Å². The maximum absolute atomic E-state index is 5.95. The molecule has 0 N–H and O–H groups in total. The average molecular weight is 1030 g/mol. The highest BCUT2D eigenvalue weighted by molar-refractivity contribution is 5.89. The van der Waals surface area contributed by atoms with Crippen LogP contribution in [-0.4, -0.2) is 6.61 Å². The summed E-state index contributed by atoms with van der Waals surface area (Å²) >= 11 is 0. The minimum Gasteiger partial charge on any atom is -0.494 e. The molecule has 0 amide bonds. The molecule has 0 atom stereocenters. The van der Waals surface area contributed by atoms with Gasteiger partial charge in [-0.25, -0.2) is 0 Å². The maximum atomic E-state index is 5.95. The Labute approximate surface area is 468 Å². The van der Waals surface area contributed by atoms with Gasteiger partial charge >= 0.3 is 0 Å². The van der Waals surface area contributed by atoms with Crippen molar-refractivity contribution < 1.29 is 4.74 Å². The molecule has 0 aromatic heterocycles. The topological polar surface area (TPSA) is 19.0 Å². The number of fused-ring (bicyclic) bond motifs is 1. The lowest BCUT2D eigenvalue weighted by Gasteiger charge is -2.28. The lowest BCUT2D eigenvalue weighted by Crippen LogP contribution is -2.12.